The molecule has 0 spiro atoms. The van der Waals surface area contributed by atoms with E-state index in [2.05, 4.69) is 18.6 Å². The first kappa shape index (κ1) is 21.8. The van der Waals surface area contributed by atoms with Crippen LogP contribution in [0.3, 0.4) is 0 Å². The number of rotatable bonds is 7. The van der Waals surface area contributed by atoms with Crippen molar-refractivity contribution in [3.63, 3.8) is 0 Å². The van der Waals surface area contributed by atoms with E-state index in [9.17, 15) is 16.8 Å². The quantitative estimate of drug-likeness (QED) is 0.717. The molecule has 9 heteroatoms. The molecule has 0 radical (unpaired) electrons. The average Bonchev–Trinajstić information content (AvgIpc) is 2.74. The Hall–Kier alpha value is -1.94. The van der Waals surface area contributed by atoms with Crippen LogP contribution in [0.2, 0.25) is 0 Å². The summed E-state index contributed by atoms with van der Waals surface area (Å²) < 4.78 is 60.1. The summed E-state index contributed by atoms with van der Waals surface area (Å²) >= 11 is 0. The van der Waals surface area contributed by atoms with Gasteiger partial charge in [-0.3, -0.25) is 4.72 Å². The van der Waals surface area contributed by atoms with Crippen LogP contribution < -0.4 is 4.72 Å². The van der Waals surface area contributed by atoms with Crippen LogP contribution in [-0.4, -0.2) is 47.4 Å². The zero-order valence-electron chi connectivity index (χ0n) is 16.5. The molecule has 1 unspecified atom stereocenters. The molecule has 0 aliphatic carbocycles. The molecule has 2 aromatic rings. The smallest absolute Gasteiger partial charge is 0.261 e. The van der Waals surface area contributed by atoms with Crippen molar-refractivity contribution in [2.75, 3.05) is 31.0 Å². The molecule has 1 aliphatic rings. The lowest BCUT2D eigenvalue weighted by atomic mass is 9.99. The highest BCUT2D eigenvalue weighted by Crippen LogP contribution is 2.24. The van der Waals surface area contributed by atoms with E-state index in [1.807, 2.05) is 12.1 Å². The van der Waals surface area contributed by atoms with Gasteiger partial charge in [0, 0.05) is 13.1 Å². The van der Waals surface area contributed by atoms with Crippen molar-refractivity contribution >= 4 is 25.7 Å². The molecule has 1 aliphatic heterocycles. The minimum Gasteiger partial charge on any atom is -0.379 e. The summed E-state index contributed by atoms with van der Waals surface area (Å²) in [6, 6.07) is 12.6. The van der Waals surface area contributed by atoms with Gasteiger partial charge >= 0.3 is 0 Å². The highest BCUT2D eigenvalue weighted by atomic mass is 32.2. The summed E-state index contributed by atoms with van der Waals surface area (Å²) in [5.41, 5.74) is 1.27. The number of ether oxygens (including phenoxy) is 1. The van der Waals surface area contributed by atoms with Gasteiger partial charge in [-0.2, -0.15) is 4.31 Å². The molecule has 158 valence electrons. The van der Waals surface area contributed by atoms with Gasteiger partial charge in [-0.1, -0.05) is 32.0 Å². The third-order valence-corrected chi connectivity index (χ3v) is 8.36. The summed E-state index contributed by atoms with van der Waals surface area (Å²) in [6.07, 6.45) is 0.967. The Morgan fingerprint density at radius 3 is 2.28 bits per heavy atom. The predicted molar refractivity (Wildman–Crippen MR) is 112 cm³/mol. The number of benzene rings is 2. The molecule has 1 heterocycles. The monoisotopic (exact) mass is 438 g/mol. The van der Waals surface area contributed by atoms with E-state index in [0.29, 0.717) is 19.1 Å². The molecule has 1 N–H and O–H groups in total. The topological polar surface area (TPSA) is 92.8 Å². The third-order valence-electron chi connectivity index (χ3n) is 5.07. The lowest BCUT2D eigenvalue weighted by Crippen LogP contribution is -2.40. The fourth-order valence-electron chi connectivity index (χ4n) is 3.08. The number of morpholine rings is 1. The van der Waals surface area contributed by atoms with E-state index >= 15 is 0 Å². The van der Waals surface area contributed by atoms with Crippen LogP contribution in [-0.2, 0) is 24.8 Å². The Morgan fingerprint density at radius 1 is 1.00 bits per heavy atom. The van der Waals surface area contributed by atoms with Crippen molar-refractivity contribution in [2.45, 2.75) is 36.0 Å². The van der Waals surface area contributed by atoms with Crippen molar-refractivity contribution in [1.29, 1.82) is 0 Å². The number of sulfonamides is 2. The molecule has 0 bridgehead atoms. The fraction of sp³-hybridized carbons (Fsp3) is 0.400. The summed E-state index contributed by atoms with van der Waals surface area (Å²) in [4.78, 5) is 0.178. The molecule has 2 aromatic carbocycles. The van der Waals surface area contributed by atoms with E-state index < -0.39 is 20.0 Å². The molecule has 1 fully saturated rings. The molecular formula is C20H26N2O5S2. The van der Waals surface area contributed by atoms with Crippen LogP contribution in [0.5, 0.6) is 0 Å². The Labute approximate surface area is 172 Å². The van der Waals surface area contributed by atoms with Crippen molar-refractivity contribution < 1.29 is 21.6 Å². The molecule has 0 aromatic heterocycles. The Bertz CT molecular complexity index is 1040. The highest BCUT2D eigenvalue weighted by Gasteiger charge is 2.26. The van der Waals surface area contributed by atoms with Crippen LogP contribution in [0.4, 0.5) is 5.69 Å². The number of nitrogens with one attached hydrogen (secondary N) is 1. The molecule has 29 heavy (non-hydrogen) atoms. The minimum absolute atomic E-state index is 0.0479. The first-order valence-corrected chi connectivity index (χ1v) is 12.5. The highest BCUT2D eigenvalue weighted by molar-refractivity contribution is 7.92. The van der Waals surface area contributed by atoms with Crippen LogP contribution >= 0.6 is 0 Å². The van der Waals surface area contributed by atoms with Gasteiger partial charge in [0.1, 0.15) is 0 Å². The standard InChI is InChI=1S/C20H26N2O5S2/c1-3-16(2)17-7-9-19(10-8-17)28(23,24)21-18-5-4-6-20(15-18)29(25,26)22-11-13-27-14-12-22/h4-10,15-16,21H,3,11-14H2,1-2H3. The maximum Gasteiger partial charge on any atom is 0.261 e. The number of nitrogens with zero attached hydrogens (tertiary/aromatic N) is 1. The van der Waals surface area contributed by atoms with E-state index in [1.165, 1.54) is 28.6 Å². The maximum atomic E-state index is 12.8. The first-order chi connectivity index (χ1) is 13.7. The summed E-state index contributed by atoms with van der Waals surface area (Å²) in [7, 11) is -7.53. The van der Waals surface area contributed by atoms with Crippen molar-refractivity contribution in [2.24, 2.45) is 0 Å². The Morgan fingerprint density at radius 2 is 1.66 bits per heavy atom. The molecule has 7 nitrogen and oxygen atoms in total. The van der Waals surface area contributed by atoms with E-state index in [0.717, 1.165) is 12.0 Å². The minimum atomic E-state index is -3.83. The Balaban J connectivity index is 1.82. The van der Waals surface area contributed by atoms with Gasteiger partial charge in [0.05, 0.1) is 28.7 Å². The number of anilines is 1. The van der Waals surface area contributed by atoms with Gasteiger partial charge in [0.15, 0.2) is 0 Å². The van der Waals surface area contributed by atoms with Crippen LogP contribution in [0, 0.1) is 0 Å². The lowest BCUT2D eigenvalue weighted by Gasteiger charge is -2.26. The van der Waals surface area contributed by atoms with Gasteiger partial charge < -0.3 is 4.74 Å². The normalized spacial score (nSPS) is 17.0. The zero-order valence-corrected chi connectivity index (χ0v) is 18.2. The van der Waals surface area contributed by atoms with Crippen LogP contribution in [0.1, 0.15) is 31.7 Å². The lowest BCUT2D eigenvalue weighted by molar-refractivity contribution is 0.0730. The van der Waals surface area contributed by atoms with Crippen LogP contribution in [0.25, 0.3) is 0 Å². The van der Waals surface area contributed by atoms with Gasteiger partial charge in [-0.05, 0) is 48.2 Å². The predicted octanol–water partition coefficient (Wildman–Crippen LogP) is 3.02. The van der Waals surface area contributed by atoms with Crippen LogP contribution in [0.15, 0.2) is 58.3 Å². The first-order valence-electron chi connectivity index (χ1n) is 9.55. The molecule has 1 atom stereocenters. The van der Waals surface area contributed by atoms with E-state index in [1.54, 1.807) is 12.1 Å². The second-order valence-corrected chi connectivity index (χ2v) is 10.6. The van der Waals surface area contributed by atoms with Gasteiger partial charge in [0.2, 0.25) is 10.0 Å². The van der Waals surface area contributed by atoms with Crippen molar-refractivity contribution in [3.05, 3.63) is 54.1 Å². The SMILES string of the molecule is CCC(C)c1ccc(S(=O)(=O)Nc2cccc(S(=O)(=O)N3CCOCC3)c2)cc1. The summed E-state index contributed by atoms with van der Waals surface area (Å²) in [6.45, 7) is 5.41. The second kappa shape index (κ2) is 8.83. The third kappa shape index (κ3) is 4.98. The fourth-order valence-corrected chi connectivity index (χ4v) is 5.59. The van der Waals surface area contributed by atoms with Gasteiger partial charge in [0.25, 0.3) is 10.0 Å². The Kier molecular flexibility index (Phi) is 6.62. The van der Waals surface area contributed by atoms with E-state index in [-0.39, 0.29) is 28.6 Å². The van der Waals surface area contributed by atoms with Gasteiger partial charge in [-0.25, -0.2) is 16.8 Å². The molecule has 0 saturated carbocycles. The van der Waals surface area contributed by atoms with E-state index in [4.69, 9.17) is 4.74 Å². The summed E-state index contributed by atoms with van der Waals surface area (Å²) in [5.74, 6) is 0.349. The second-order valence-electron chi connectivity index (χ2n) is 7.03. The molecular weight excluding hydrogens is 412 g/mol. The van der Waals surface area contributed by atoms with Crippen molar-refractivity contribution in [3.8, 4) is 0 Å². The molecule has 3 rings (SSSR count). The zero-order chi connectivity index (χ0) is 21.1. The summed E-state index contributed by atoms with van der Waals surface area (Å²) in [5, 5.41) is 0. The van der Waals surface area contributed by atoms with Gasteiger partial charge in [-0.15, -0.1) is 0 Å². The van der Waals surface area contributed by atoms with Crippen molar-refractivity contribution in [1.82, 2.24) is 4.31 Å². The number of hydrogen-bond donors (Lipinski definition) is 1. The molecule has 0 amide bonds. The molecule has 1 saturated heterocycles. The average molecular weight is 439 g/mol. The maximum absolute atomic E-state index is 12.8. The number of hydrogen-bond acceptors (Lipinski definition) is 5. The largest absolute Gasteiger partial charge is 0.379 e.